The van der Waals surface area contributed by atoms with Crippen molar-refractivity contribution in [3.05, 3.63) is 0 Å². The van der Waals surface area contributed by atoms with Crippen molar-refractivity contribution >= 4 is 0 Å². The molecule has 1 atom stereocenters. The van der Waals surface area contributed by atoms with Crippen molar-refractivity contribution in [3.8, 4) is 0 Å². The minimum absolute atomic E-state index is 0.0288. The third-order valence-electron chi connectivity index (χ3n) is 3.22. The fourth-order valence-corrected chi connectivity index (χ4v) is 2.14. The molecule has 0 aromatic carbocycles. The molecule has 20 heavy (non-hydrogen) atoms. The van der Waals surface area contributed by atoms with Crippen LogP contribution in [0.3, 0.4) is 0 Å². The molecule has 0 aliphatic rings. The Balaban J connectivity index is 4.10. The lowest BCUT2D eigenvalue weighted by Crippen LogP contribution is -2.40. The van der Waals surface area contributed by atoms with Crippen LogP contribution in [-0.4, -0.2) is 71.4 Å². The van der Waals surface area contributed by atoms with Crippen LogP contribution >= 0.6 is 0 Å². The van der Waals surface area contributed by atoms with Crippen LogP contribution in [0.15, 0.2) is 0 Å². The highest BCUT2D eigenvalue weighted by atomic mass is 16.5. The quantitative estimate of drug-likeness (QED) is 0.497. The first-order chi connectivity index (χ1) is 9.30. The molecule has 3 N–H and O–H groups in total. The van der Waals surface area contributed by atoms with E-state index in [0.717, 1.165) is 6.42 Å². The molecule has 0 fully saturated rings. The van der Waals surface area contributed by atoms with Gasteiger partial charge in [-0.15, -0.1) is 0 Å². The summed E-state index contributed by atoms with van der Waals surface area (Å²) < 4.78 is 5.84. The molecule has 0 aliphatic heterocycles. The van der Waals surface area contributed by atoms with E-state index < -0.39 is 6.10 Å². The number of hydrogen-bond donors (Lipinski definition) is 3. The van der Waals surface area contributed by atoms with Crippen LogP contribution < -0.4 is 0 Å². The van der Waals surface area contributed by atoms with Gasteiger partial charge in [-0.2, -0.15) is 0 Å². The van der Waals surface area contributed by atoms with E-state index in [1.54, 1.807) is 0 Å². The normalized spacial score (nSPS) is 14.2. The number of hydrogen-bond acceptors (Lipinski definition) is 5. The van der Waals surface area contributed by atoms with Crippen molar-refractivity contribution < 1.29 is 20.1 Å². The van der Waals surface area contributed by atoms with Crippen LogP contribution in [0.2, 0.25) is 0 Å². The summed E-state index contributed by atoms with van der Waals surface area (Å²) in [7, 11) is 0. The molecule has 0 saturated carbocycles. The average molecular weight is 291 g/mol. The standard InChI is InChI=1S/C15H33NO4/c1-13(2)5-10-20-15(3,4)11-14(19)12-16(6-8-17)7-9-18/h13-14,17-19H,5-12H2,1-4H3. The topological polar surface area (TPSA) is 73.2 Å². The van der Waals surface area contributed by atoms with Crippen LogP contribution in [0.1, 0.15) is 40.5 Å². The van der Waals surface area contributed by atoms with E-state index >= 15 is 0 Å². The van der Waals surface area contributed by atoms with E-state index in [-0.39, 0.29) is 18.8 Å². The lowest BCUT2D eigenvalue weighted by atomic mass is 10.00. The Bertz CT molecular complexity index is 228. The van der Waals surface area contributed by atoms with Crippen molar-refractivity contribution in [1.82, 2.24) is 4.90 Å². The zero-order valence-corrected chi connectivity index (χ0v) is 13.5. The summed E-state index contributed by atoms with van der Waals surface area (Å²) in [6.45, 7) is 10.4. The van der Waals surface area contributed by atoms with E-state index in [1.165, 1.54) is 0 Å². The van der Waals surface area contributed by atoms with Gasteiger partial charge in [0, 0.05) is 32.7 Å². The molecule has 0 heterocycles. The molecule has 0 rings (SSSR count). The predicted molar refractivity (Wildman–Crippen MR) is 80.7 cm³/mol. The van der Waals surface area contributed by atoms with Gasteiger partial charge in [0.1, 0.15) is 0 Å². The zero-order valence-electron chi connectivity index (χ0n) is 13.5. The molecule has 0 saturated heterocycles. The second kappa shape index (κ2) is 10.5. The molecule has 5 heteroatoms. The lowest BCUT2D eigenvalue weighted by molar-refractivity contribution is -0.0578. The summed E-state index contributed by atoms with van der Waals surface area (Å²) in [4.78, 5) is 1.86. The minimum atomic E-state index is -0.526. The summed E-state index contributed by atoms with van der Waals surface area (Å²) in [5.41, 5.74) is -0.363. The molecular formula is C15H33NO4. The Kier molecular flexibility index (Phi) is 10.4. The molecular weight excluding hydrogens is 258 g/mol. The number of ether oxygens (including phenoxy) is 1. The Morgan fingerprint density at radius 2 is 1.65 bits per heavy atom. The molecule has 122 valence electrons. The van der Waals surface area contributed by atoms with E-state index in [2.05, 4.69) is 13.8 Å². The number of aliphatic hydroxyl groups is 3. The van der Waals surface area contributed by atoms with Gasteiger partial charge in [-0.05, 0) is 26.2 Å². The van der Waals surface area contributed by atoms with Crippen LogP contribution in [-0.2, 0) is 4.74 Å². The molecule has 0 bridgehead atoms. The zero-order chi connectivity index (χ0) is 15.6. The smallest absolute Gasteiger partial charge is 0.0694 e. The van der Waals surface area contributed by atoms with Crippen LogP contribution in [0.25, 0.3) is 0 Å². The van der Waals surface area contributed by atoms with Crippen LogP contribution in [0, 0.1) is 5.92 Å². The third kappa shape index (κ3) is 10.6. The maximum atomic E-state index is 10.1. The Hall–Kier alpha value is -0.200. The average Bonchev–Trinajstić information content (AvgIpc) is 2.27. The molecule has 0 aromatic rings. The Morgan fingerprint density at radius 3 is 2.10 bits per heavy atom. The minimum Gasteiger partial charge on any atom is -0.395 e. The lowest BCUT2D eigenvalue weighted by Gasteiger charge is -2.31. The van der Waals surface area contributed by atoms with E-state index in [0.29, 0.717) is 38.6 Å². The molecule has 0 amide bonds. The van der Waals surface area contributed by atoms with Gasteiger partial charge in [0.25, 0.3) is 0 Å². The third-order valence-corrected chi connectivity index (χ3v) is 3.22. The highest BCUT2D eigenvalue weighted by Gasteiger charge is 2.24. The van der Waals surface area contributed by atoms with Gasteiger partial charge in [-0.25, -0.2) is 0 Å². The summed E-state index contributed by atoms with van der Waals surface area (Å²) >= 11 is 0. The van der Waals surface area contributed by atoms with Crippen molar-refractivity contribution in [1.29, 1.82) is 0 Å². The maximum absolute atomic E-state index is 10.1. The van der Waals surface area contributed by atoms with Gasteiger partial charge in [-0.3, -0.25) is 4.90 Å². The molecule has 0 aliphatic carbocycles. The Morgan fingerprint density at radius 1 is 1.10 bits per heavy atom. The van der Waals surface area contributed by atoms with Crippen molar-refractivity contribution in [3.63, 3.8) is 0 Å². The van der Waals surface area contributed by atoms with Gasteiger partial charge in [0.2, 0.25) is 0 Å². The fraction of sp³-hybridized carbons (Fsp3) is 1.00. The van der Waals surface area contributed by atoms with Gasteiger partial charge in [-0.1, -0.05) is 13.8 Å². The van der Waals surface area contributed by atoms with Crippen LogP contribution in [0.5, 0.6) is 0 Å². The summed E-state index contributed by atoms with van der Waals surface area (Å²) in [5.74, 6) is 0.611. The van der Waals surface area contributed by atoms with Crippen molar-refractivity contribution in [2.75, 3.05) is 39.5 Å². The van der Waals surface area contributed by atoms with E-state index in [4.69, 9.17) is 14.9 Å². The highest BCUT2D eigenvalue weighted by molar-refractivity contribution is 4.76. The number of rotatable bonds is 12. The van der Waals surface area contributed by atoms with Gasteiger partial charge in [0.15, 0.2) is 0 Å². The largest absolute Gasteiger partial charge is 0.395 e. The SMILES string of the molecule is CC(C)CCOC(C)(C)CC(O)CN(CCO)CCO. The van der Waals surface area contributed by atoms with Crippen molar-refractivity contribution in [2.45, 2.75) is 52.2 Å². The monoisotopic (exact) mass is 291 g/mol. The maximum Gasteiger partial charge on any atom is 0.0694 e. The number of nitrogens with zero attached hydrogens (tertiary/aromatic N) is 1. The second-order valence-electron chi connectivity index (χ2n) is 6.40. The van der Waals surface area contributed by atoms with Gasteiger partial charge in [0.05, 0.1) is 24.9 Å². The fourth-order valence-electron chi connectivity index (χ4n) is 2.14. The molecule has 0 aromatic heterocycles. The summed E-state index contributed by atoms with van der Waals surface area (Å²) in [6, 6.07) is 0. The first-order valence-electron chi connectivity index (χ1n) is 7.57. The van der Waals surface area contributed by atoms with Crippen molar-refractivity contribution in [2.24, 2.45) is 5.92 Å². The predicted octanol–water partition coefficient (Wildman–Crippen LogP) is 0.865. The molecule has 1 unspecified atom stereocenters. The van der Waals surface area contributed by atoms with Gasteiger partial charge >= 0.3 is 0 Å². The first-order valence-corrected chi connectivity index (χ1v) is 7.57. The van der Waals surface area contributed by atoms with E-state index in [1.807, 2.05) is 18.7 Å². The molecule has 0 radical (unpaired) electrons. The second-order valence-corrected chi connectivity index (χ2v) is 6.40. The van der Waals surface area contributed by atoms with Crippen LogP contribution in [0.4, 0.5) is 0 Å². The summed E-state index contributed by atoms with van der Waals surface area (Å²) in [5, 5.41) is 28.0. The summed E-state index contributed by atoms with van der Waals surface area (Å²) in [6.07, 6.45) is 1.03. The molecule has 5 nitrogen and oxygen atoms in total. The number of aliphatic hydroxyl groups excluding tert-OH is 3. The highest BCUT2D eigenvalue weighted by Crippen LogP contribution is 2.18. The molecule has 0 spiro atoms. The van der Waals surface area contributed by atoms with Gasteiger partial charge < -0.3 is 20.1 Å². The van der Waals surface area contributed by atoms with E-state index in [9.17, 15) is 5.11 Å². The first kappa shape index (κ1) is 19.8. The Labute approximate surface area is 123 Å².